The molecule has 0 spiro atoms. The maximum absolute atomic E-state index is 13.1. The molecule has 4 aromatic rings. The van der Waals surface area contributed by atoms with Crippen LogP contribution in [0.15, 0.2) is 75.9 Å². The molecule has 1 aliphatic rings. The van der Waals surface area contributed by atoms with Crippen molar-refractivity contribution in [3.63, 3.8) is 0 Å². The first-order valence-electron chi connectivity index (χ1n) is 13.2. The van der Waals surface area contributed by atoms with Crippen LogP contribution in [0, 0.1) is 6.92 Å². The molecule has 0 bridgehead atoms. The SMILES string of the molecule is COc1ccccc1N1CCN(CCCNC(=O)c2cccc3c(=O)c(C)c(-c4ccc(Cl)cc4)oc23)CC1. The largest absolute Gasteiger partial charge is 0.495 e. The van der Waals surface area contributed by atoms with E-state index in [1.54, 1.807) is 56.5 Å². The van der Waals surface area contributed by atoms with Gasteiger partial charge >= 0.3 is 0 Å². The zero-order valence-electron chi connectivity index (χ0n) is 22.2. The second kappa shape index (κ2) is 11.9. The van der Waals surface area contributed by atoms with Crippen LogP contribution in [0.3, 0.4) is 0 Å². The average molecular weight is 546 g/mol. The van der Waals surface area contributed by atoms with Crippen LogP contribution in [0.4, 0.5) is 5.69 Å². The minimum Gasteiger partial charge on any atom is -0.495 e. The number of amides is 1. The first-order chi connectivity index (χ1) is 19.0. The maximum Gasteiger partial charge on any atom is 0.255 e. The van der Waals surface area contributed by atoms with Crippen molar-refractivity contribution >= 4 is 34.2 Å². The van der Waals surface area contributed by atoms with Crippen LogP contribution in [-0.4, -0.2) is 57.2 Å². The van der Waals surface area contributed by atoms with Gasteiger partial charge in [-0.1, -0.05) is 29.8 Å². The maximum atomic E-state index is 13.1. The quantitative estimate of drug-likeness (QED) is 0.300. The molecule has 8 heteroatoms. The van der Waals surface area contributed by atoms with Gasteiger partial charge in [-0.15, -0.1) is 0 Å². The van der Waals surface area contributed by atoms with Gasteiger partial charge in [0, 0.05) is 48.9 Å². The Kier molecular flexibility index (Phi) is 8.19. The van der Waals surface area contributed by atoms with E-state index < -0.39 is 0 Å². The minimum absolute atomic E-state index is 0.150. The van der Waals surface area contributed by atoms with Crippen LogP contribution < -0.4 is 20.4 Å². The lowest BCUT2D eigenvalue weighted by atomic mass is 10.0. The van der Waals surface area contributed by atoms with E-state index in [0.717, 1.165) is 56.1 Å². The Balaban J connectivity index is 1.20. The summed E-state index contributed by atoms with van der Waals surface area (Å²) in [5, 5.41) is 4.00. The summed E-state index contributed by atoms with van der Waals surface area (Å²) in [7, 11) is 1.70. The highest BCUT2D eigenvalue weighted by Gasteiger charge is 2.20. The molecular formula is C31H32ClN3O4. The Labute approximate surface area is 232 Å². The molecule has 0 aliphatic carbocycles. The fourth-order valence-electron chi connectivity index (χ4n) is 5.07. The van der Waals surface area contributed by atoms with Crippen molar-refractivity contribution in [3.8, 4) is 17.1 Å². The lowest BCUT2D eigenvalue weighted by molar-refractivity contribution is 0.0952. The number of nitrogens with one attached hydrogen (secondary N) is 1. The summed E-state index contributed by atoms with van der Waals surface area (Å²) >= 11 is 6.03. The highest BCUT2D eigenvalue weighted by molar-refractivity contribution is 6.30. The fourth-order valence-corrected chi connectivity index (χ4v) is 5.19. The Morgan fingerprint density at radius 2 is 1.74 bits per heavy atom. The molecule has 1 amide bonds. The number of rotatable bonds is 8. The molecule has 202 valence electrons. The monoisotopic (exact) mass is 545 g/mol. The molecule has 7 nitrogen and oxygen atoms in total. The summed E-state index contributed by atoms with van der Waals surface area (Å²) in [5.74, 6) is 1.08. The molecule has 0 atom stereocenters. The molecular weight excluding hydrogens is 514 g/mol. The summed E-state index contributed by atoms with van der Waals surface area (Å²) in [4.78, 5) is 31.0. The number of halogens is 1. The van der Waals surface area contributed by atoms with Crippen LogP contribution in [0.2, 0.25) is 5.02 Å². The zero-order chi connectivity index (χ0) is 27.4. The van der Waals surface area contributed by atoms with Gasteiger partial charge in [0.15, 0.2) is 11.0 Å². The normalized spacial score (nSPS) is 14.0. The predicted octanol–water partition coefficient (Wildman–Crippen LogP) is 5.37. The highest BCUT2D eigenvalue weighted by Crippen LogP contribution is 2.29. The van der Waals surface area contributed by atoms with Gasteiger partial charge in [-0.2, -0.15) is 0 Å². The van der Waals surface area contributed by atoms with Crippen molar-refractivity contribution in [1.29, 1.82) is 0 Å². The lowest BCUT2D eigenvalue weighted by Gasteiger charge is -2.36. The molecule has 0 unspecified atom stereocenters. The molecule has 1 aromatic heterocycles. The van der Waals surface area contributed by atoms with E-state index in [-0.39, 0.29) is 11.3 Å². The lowest BCUT2D eigenvalue weighted by Crippen LogP contribution is -2.47. The second-order valence-corrected chi connectivity index (χ2v) is 10.1. The van der Waals surface area contributed by atoms with E-state index in [0.29, 0.717) is 39.4 Å². The average Bonchev–Trinajstić information content (AvgIpc) is 2.97. The van der Waals surface area contributed by atoms with Crippen LogP contribution in [-0.2, 0) is 0 Å². The Morgan fingerprint density at radius 1 is 1.00 bits per heavy atom. The van der Waals surface area contributed by atoms with Crippen molar-refractivity contribution in [1.82, 2.24) is 10.2 Å². The third-order valence-electron chi connectivity index (χ3n) is 7.23. The van der Waals surface area contributed by atoms with Gasteiger partial charge in [0.05, 0.1) is 23.7 Å². The molecule has 1 fully saturated rings. The summed E-state index contributed by atoms with van der Waals surface area (Å²) in [6.45, 7) is 6.92. The zero-order valence-corrected chi connectivity index (χ0v) is 23.0. The summed E-state index contributed by atoms with van der Waals surface area (Å²) in [5.41, 5.74) is 2.85. The van der Waals surface area contributed by atoms with E-state index in [1.807, 2.05) is 18.2 Å². The topological polar surface area (TPSA) is 75.0 Å². The number of nitrogens with zero attached hydrogens (tertiary/aromatic N) is 2. The molecule has 5 rings (SSSR count). The third-order valence-corrected chi connectivity index (χ3v) is 7.48. The molecule has 39 heavy (non-hydrogen) atoms. The van der Waals surface area contributed by atoms with E-state index >= 15 is 0 Å². The van der Waals surface area contributed by atoms with E-state index in [9.17, 15) is 9.59 Å². The van der Waals surface area contributed by atoms with Crippen LogP contribution in [0.5, 0.6) is 5.75 Å². The van der Waals surface area contributed by atoms with E-state index in [2.05, 4.69) is 21.2 Å². The van der Waals surface area contributed by atoms with Crippen LogP contribution in [0.25, 0.3) is 22.3 Å². The smallest absolute Gasteiger partial charge is 0.255 e. The van der Waals surface area contributed by atoms with Crippen molar-refractivity contribution in [2.75, 3.05) is 51.3 Å². The molecule has 1 aliphatic heterocycles. The number of piperazine rings is 1. The number of carbonyl (C=O) groups is 1. The van der Waals surface area contributed by atoms with Crippen molar-refractivity contribution < 1.29 is 13.9 Å². The molecule has 0 radical (unpaired) electrons. The van der Waals surface area contributed by atoms with Crippen LogP contribution >= 0.6 is 11.6 Å². The van der Waals surface area contributed by atoms with Crippen LogP contribution in [0.1, 0.15) is 22.3 Å². The number of methoxy groups -OCH3 is 1. The summed E-state index contributed by atoms with van der Waals surface area (Å²) in [6.07, 6.45) is 0.824. The second-order valence-electron chi connectivity index (χ2n) is 9.68. The van der Waals surface area contributed by atoms with Gasteiger partial charge in [-0.05, 0) is 68.4 Å². The molecule has 2 heterocycles. The number of ether oxygens (including phenoxy) is 1. The van der Waals surface area contributed by atoms with Crippen molar-refractivity contribution in [2.24, 2.45) is 0 Å². The molecule has 1 saturated heterocycles. The molecule has 1 N–H and O–H groups in total. The number of carbonyl (C=O) groups excluding carboxylic acids is 1. The predicted molar refractivity (Wildman–Crippen MR) is 156 cm³/mol. The van der Waals surface area contributed by atoms with Gasteiger partial charge in [-0.3, -0.25) is 14.5 Å². The molecule has 0 saturated carbocycles. The van der Waals surface area contributed by atoms with Gasteiger partial charge in [0.25, 0.3) is 5.91 Å². The number of anilines is 1. The Bertz CT molecular complexity index is 1530. The Hall–Kier alpha value is -3.81. The Morgan fingerprint density at radius 3 is 2.49 bits per heavy atom. The number of hydrogen-bond acceptors (Lipinski definition) is 6. The first-order valence-corrected chi connectivity index (χ1v) is 13.5. The summed E-state index contributed by atoms with van der Waals surface area (Å²) < 4.78 is 11.7. The van der Waals surface area contributed by atoms with Crippen molar-refractivity contribution in [3.05, 3.63) is 93.1 Å². The standard InChI is InChI=1S/C31H32ClN3O4/c1-21-28(36)24-7-5-8-25(30(24)39-29(21)22-11-13-23(32)14-12-22)31(37)33-15-6-16-34-17-19-35(20-18-34)26-9-3-4-10-27(26)38-2/h3-5,7-14H,6,15-20H2,1-2H3,(H,33,37). The molecule has 3 aromatic carbocycles. The number of benzene rings is 3. The van der Waals surface area contributed by atoms with Gasteiger partial charge in [0.1, 0.15) is 11.5 Å². The number of fused-ring (bicyclic) bond motifs is 1. The van der Waals surface area contributed by atoms with Gasteiger partial charge in [-0.25, -0.2) is 0 Å². The minimum atomic E-state index is -0.254. The van der Waals surface area contributed by atoms with E-state index in [1.165, 1.54) is 0 Å². The van der Waals surface area contributed by atoms with E-state index in [4.69, 9.17) is 20.8 Å². The number of hydrogen-bond donors (Lipinski definition) is 1. The third kappa shape index (κ3) is 5.79. The van der Waals surface area contributed by atoms with Gasteiger partial charge in [0.2, 0.25) is 0 Å². The van der Waals surface area contributed by atoms with Crippen molar-refractivity contribution in [2.45, 2.75) is 13.3 Å². The fraction of sp³-hybridized carbons (Fsp3) is 0.290. The number of para-hydroxylation sites is 3. The summed E-state index contributed by atoms with van der Waals surface area (Å²) in [6, 6.07) is 20.3. The first kappa shape index (κ1) is 26.8. The highest BCUT2D eigenvalue weighted by atomic mass is 35.5. The van der Waals surface area contributed by atoms with Gasteiger partial charge < -0.3 is 19.4 Å².